The summed E-state index contributed by atoms with van der Waals surface area (Å²) in [5.41, 5.74) is 2.67. The van der Waals surface area contributed by atoms with Crippen molar-refractivity contribution in [3.05, 3.63) is 83.1 Å². The SMILES string of the molecule is CC(=O)c1c(C)oc(-c2ccccc2)c1CC(=O)c1ccccc1. The number of Topliss-reactive ketones (excluding diaryl/α,β-unsaturated/α-hetero) is 2. The Bertz CT molecular complexity index is 874. The van der Waals surface area contributed by atoms with Crippen LogP contribution in [0.25, 0.3) is 11.3 Å². The van der Waals surface area contributed by atoms with Crippen LogP contribution in [0.2, 0.25) is 0 Å². The van der Waals surface area contributed by atoms with Gasteiger partial charge in [0.05, 0.1) is 5.56 Å². The molecule has 24 heavy (non-hydrogen) atoms. The Hall–Kier alpha value is -2.94. The average molecular weight is 318 g/mol. The van der Waals surface area contributed by atoms with E-state index in [4.69, 9.17) is 4.42 Å². The second-order valence-electron chi connectivity index (χ2n) is 5.73. The van der Waals surface area contributed by atoms with E-state index in [0.29, 0.717) is 28.2 Å². The number of furan rings is 1. The van der Waals surface area contributed by atoms with Gasteiger partial charge >= 0.3 is 0 Å². The van der Waals surface area contributed by atoms with Crippen molar-refractivity contribution in [3.8, 4) is 11.3 Å². The van der Waals surface area contributed by atoms with Gasteiger partial charge in [0.1, 0.15) is 11.5 Å². The highest BCUT2D eigenvalue weighted by molar-refractivity contribution is 6.03. The molecule has 0 atom stereocenters. The van der Waals surface area contributed by atoms with Crippen LogP contribution in [-0.2, 0) is 6.42 Å². The van der Waals surface area contributed by atoms with Crippen molar-refractivity contribution >= 4 is 11.6 Å². The summed E-state index contributed by atoms with van der Waals surface area (Å²) < 4.78 is 5.86. The molecule has 0 aliphatic rings. The lowest BCUT2D eigenvalue weighted by Gasteiger charge is -2.05. The van der Waals surface area contributed by atoms with Crippen LogP contribution < -0.4 is 0 Å². The lowest BCUT2D eigenvalue weighted by molar-refractivity contribution is 0.0992. The Kier molecular flexibility index (Phi) is 4.43. The molecule has 120 valence electrons. The minimum Gasteiger partial charge on any atom is -0.460 e. The van der Waals surface area contributed by atoms with Gasteiger partial charge in [-0.3, -0.25) is 9.59 Å². The number of carbonyl (C=O) groups excluding carboxylic acids is 2. The Labute approximate surface area is 140 Å². The summed E-state index contributed by atoms with van der Waals surface area (Å²) in [5, 5.41) is 0. The summed E-state index contributed by atoms with van der Waals surface area (Å²) in [6.45, 7) is 3.27. The summed E-state index contributed by atoms with van der Waals surface area (Å²) in [5.74, 6) is 1.03. The number of benzene rings is 2. The van der Waals surface area contributed by atoms with Gasteiger partial charge in [-0.1, -0.05) is 60.7 Å². The molecular weight excluding hydrogens is 300 g/mol. The molecule has 0 N–H and O–H groups in total. The highest BCUT2D eigenvalue weighted by Crippen LogP contribution is 2.32. The highest BCUT2D eigenvalue weighted by Gasteiger charge is 2.24. The Morgan fingerprint density at radius 2 is 1.50 bits per heavy atom. The van der Waals surface area contributed by atoms with E-state index in [1.807, 2.05) is 48.5 Å². The second-order valence-corrected chi connectivity index (χ2v) is 5.73. The molecule has 0 aliphatic carbocycles. The number of hydrogen-bond donors (Lipinski definition) is 0. The second kappa shape index (κ2) is 6.67. The van der Waals surface area contributed by atoms with E-state index >= 15 is 0 Å². The van der Waals surface area contributed by atoms with E-state index in [1.165, 1.54) is 6.92 Å². The van der Waals surface area contributed by atoms with Crippen LogP contribution in [0, 0.1) is 6.92 Å². The summed E-state index contributed by atoms with van der Waals surface area (Å²) in [6, 6.07) is 18.7. The van der Waals surface area contributed by atoms with Crippen LogP contribution in [-0.4, -0.2) is 11.6 Å². The lowest BCUT2D eigenvalue weighted by Crippen LogP contribution is -2.07. The standard InChI is InChI=1S/C21H18O3/c1-14(22)20-15(2)24-21(17-11-7-4-8-12-17)18(20)13-19(23)16-9-5-3-6-10-16/h3-12H,13H2,1-2H3. The lowest BCUT2D eigenvalue weighted by atomic mass is 9.95. The quantitative estimate of drug-likeness (QED) is 0.630. The van der Waals surface area contributed by atoms with Crippen molar-refractivity contribution in [1.29, 1.82) is 0 Å². The van der Waals surface area contributed by atoms with Gasteiger partial charge in [-0.05, 0) is 13.8 Å². The largest absolute Gasteiger partial charge is 0.460 e. The molecule has 0 aliphatic heterocycles. The summed E-state index contributed by atoms with van der Waals surface area (Å²) >= 11 is 0. The molecule has 3 nitrogen and oxygen atoms in total. The molecule has 0 bridgehead atoms. The molecule has 3 rings (SSSR count). The Morgan fingerprint density at radius 1 is 0.917 bits per heavy atom. The van der Waals surface area contributed by atoms with Gasteiger partial charge in [-0.15, -0.1) is 0 Å². The zero-order valence-corrected chi connectivity index (χ0v) is 13.7. The predicted octanol–water partition coefficient (Wildman–Crippen LogP) is 4.88. The monoisotopic (exact) mass is 318 g/mol. The Morgan fingerprint density at radius 3 is 2.08 bits per heavy atom. The van der Waals surface area contributed by atoms with Gasteiger partial charge in [0.25, 0.3) is 0 Å². The van der Waals surface area contributed by atoms with E-state index in [1.54, 1.807) is 19.1 Å². The number of carbonyl (C=O) groups is 2. The van der Waals surface area contributed by atoms with Gasteiger partial charge in [0.15, 0.2) is 11.6 Å². The van der Waals surface area contributed by atoms with E-state index in [9.17, 15) is 9.59 Å². The molecule has 2 aromatic carbocycles. The van der Waals surface area contributed by atoms with E-state index in [2.05, 4.69) is 0 Å². The van der Waals surface area contributed by atoms with Crippen LogP contribution >= 0.6 is 0 Å². The summed E-state index contributed by atoms with van der Waals surface area (Å²) in [4.78, 5) is 24.7. The van der Waals surface area contributed by atoms with Crippen LogP contribution in [0.5, 0.6) is 0 Å². The molecule has 0 fully saturated rings. The van der Waals surface area contributed by atoms with Crippen molar-refractivity contribution in [2.24, 2.45) is 0 Å². The fraction of sp³-hybridized carbons (Fsp3) is 0.143. The molecule has 0 saturated carbocycles. The van der Waals surface area contributed by atoms with Gasteiger partial charge < -0.3 is 4.42 Å². The maximum Gasteiger partial charge on any atom is 0.167 e. The zero-order chi connectivity index (χ0) is 17.1. The molecule has 0 unspecified atom stereocenters. The normalized spacial score (nSPS) is 10.6. The number of hydrogen-bond acceptors (Lipinski definition) is 3. The summed E-state index contributed by atoms with van der Waals surface area (Å²) in [7, 11) is 0. The fourth-order valence-corrected chi connectivity index (χ4v) is 2.93. The molecule has 0 radical (unpaired) electrons. The first-order valence-corrected chi connectivity index (χ1v) is 7.84. The number of ketones is 2. The van der Waals surface area contributed by atoms with Crippen LogP contribution in [0.1, 0.15) is 39.0 Å². The van der Waals surface area contributed by atoms with E-state index in [0.717, 1.165) is 5.56 Å². The van der Waals surface area contributed by atoms with Gasteiger partial charge in [-0.2, -0.15) is 0 Å². The molecule has 0 saturated heterocycles. The molecule has 3 aromatic rings. The molecule has 0 amide bonds. The number of rotatable bonds is 5. The van der Waals surface area contributed by atoms with E-state index in [-0.39, 0.29) is 18.0 Å². The van der Waals surface area contributed by atoms with Gasteiger partial charge in [0.2, 0.25) is 0 Å². The van der Waals surface area contributed by atoms with Gasteiger partial charge in [-0.25, -0.2) is 0 Å². The fourth-order valence-electron chi connectivity index (χ4n) is 2.93. The van der Waals surface area contributed by atoms with Crippen molar-refractivity contribution in [2.75, 3.05) is 0 Å². The first kappa shape index (κ1) is 15.9. The predicted molar refractivity (Wildman–Crippen MR) is 93.4 cm³/mol. The topological polar surface area (TPSA) is 47.3 Å². The van der Waals surface area contributed by atoms with Crippen molar-refractivity contribution in [3.63, 3.8) is 0 Å². The number of aryl methyl sites for hydroxylation is 1. The van der Waals surface area contributed by atoms with Crippen molar-refractivity contribution in [2.45, 2.75) is 20.3 Å². The van der Waals surface area contributed by atoms with Crippen LogP contribution in [0.3, 0.4) is 0 Å². The van der Waals surface area contributed by atoms with Gasteiger partial charge in [0, 0.05) is 23.1 Å². The average Bonchev–Trinajstić information content (AvgIpc) is 2.92. The van der Waals surface area contributed by atoms with Crippen molar-refractivity contribution < 1.29 is 14.0 Å². The molecule has 3 heteroatoms. The maximum atomic E-state index is 12.6. The molecule has 0 spiro atoms. The minimum absolute atomic E-state index is 0.0314. The Balaban J connectivity index is 2.08. The first-order valence-electron chi connectivity index (χ1n) is 7.84. The third-order valence-electron chi connectivity index (χ3n) is 4.00. The maximum absolute atomic E-state index is 12.6. The minimum atomic E-state index is -0.0886. The first-order chi connectivity index (χ1) is 11.6. The third-order valence-corrected chi connectivity index (χ3v) is 4.00. The van der Waals surface area contributed by atoms with E-state index < -0.39 is 0 Å². The molecule has 1 aromatic heterocycles. The summed E-state index contributed by atoms with van der Waals surface area (Å²) in [6.07, 6.45) is 0.139. The molecule has 1 heterocycles. The smallest absolute Gasteiger partial charge is 0.167 e. The van der Waals surface area contributed by atoms with Crippen LogP contribution in [0.15, 0.2) is 65.1 Å². The molecular formula is C21H18O3. The highest BCUT2D eigenvalue weighted by atomic mass is 16.3. The zero-order valence-electron chi connectivity index (χ0n) is 13.7. The third kappa shape index (κ3) is 3.06. The van der Waals surface area contributed by atoms with Crippen molar-refractivity contribution in [1.82, 2.24) is 0 Å². The van der Waals surface area contributed by atoms with Crippen LogP contribution in [0.4, 0.5) is 0 Å².